The second-order valence-electron chi connectivity index (χ2n) is 9.44. The molecule has 4 nitrogen and oxygen atoms in total. The molecule has 144 valence electrons. The summed E-state index contributed by atoms with van der Waals surface area (Å²) in [5.74, 6) is 1.28. The van der Waals surface area contributed by atoms with Gasteiger partial charge in [-0.05, 0) is 64.2 Å². The smallest absolute Gasteiger partial charge is 0.102 e. The highest BCUT2D eigenvalue weighted by atomic mass is 16.6. The van der Waals surface area contributed by atoms with E-state index in [4.69, 9.17) is 18.9 Å². The molecule has 3 aliphatic carbocycles. The molecule has 5 aliphatic rings. The molecule has 6 unspecified atom stereocenters. The van der Waals surface area contributed by atoms with Crippen molar-refractivity contribution in [1.82, 2.24) is 0 Å². The number of fused-ring (bicyclic) bond motifs is 2. The molecule has 2 heterocycles. The fraction of sp³-hybridized carbons (Fsp3) is 0.818. The highest BCUT2D eigenvalue weighted by Gasteiger charge is 2.45. The van der Waals surface area contributed by atoms with Crippen LogP contribution in [0.25, 0.3) is 0 Å². The lowest BCUT2D eigenvalue weighted by Gasteiger charge is -2.35. The van der Waals surface area contributed by atoms with Gasteiger partial charge in [0.05, 0.1) is 37.6 Å². The molecule has 5 rings (SSSR count). The van der Waals surface area contributed by atoms with Crippen LogP contribution in [0.3, 0.4) is 0 Å². The molecular formula is C22H32O4. The summed E-state index contributed by atoms with van der Waals surface area (Å²) in [5, 5.41) is 0. The molecule has 0 aromatic heterocycles. The Morgan fingerprint density at radius 2 is 1.12 bits per heavy atom. The summed E-state index contributed by atoms with van der Waals surface area (Å²) in [4.78, 5) is 0. The molecule has 0 amide bonds. The minimum atomic E-state index is -0.315. The zero-order chi connectivity index (χ0) is 17.8. The third kappa shape index (κ3) is 3.80. The molecule has 0 bridgehead atoms. The lowest BCUT2D eigenvalue weighted by Crippen LogP contribution is -2.36. The normalized spacial score (nSPS) is 51.6. The van der Waals surface area contributed by atoms with Gasteiger partial charge in [0.2, 0.25) is 0 Å². The molecule has 0 spiro atoms. The Labute approximate surface area is 156 Å². The average molecular weight is 360 g/mol. The monoisotopic (exact) mass is 360 g/mol. The first-order chi connectivity index (χ1) is 12.5. The van der Waals surface area contributed by atoms with E-state index in [9.17, 15) is 0 Å². The van der Waals surface area contributed by atoms with Crippen LogP contribution >= 0.6 is 0 Å². The number of epoxide rings is 2. The van der Waals surface area contributed by atoms with Gasteiger partial charge in [-0.25, -0.2) is 0 Å². The zero-order valence-electron chi connectivity index (χ0n) is 16.1. The average Bonchev–Trinajstić information content (AvgIpc) is 3.55. The van der Waals surface area contributed by atoms with Crippen molar-refractivity contribution < 1.29 is 18.9 Å². The molecule has 4 fully saturated rings. The van der Waals surface area contributed by atoms with Gasteiger partial charge in [0, 0.05) is 0 Å². The molecule has 0 radical (unpaired) electrons. The first-order valence-electron chi connectivity index (χ1n) is 10.5. The molecule has 26 heavy (non-hydrogen) atoms. The summed E-state index contributed by atoms with van der Waals surface area (Å²) in [6.07, 6.45) is 18.1. The molecule has 0 aromatic carbocycles. The summed E-state index contributed by atoms with van der Waals surface area (Å²) in [7, 11) is 0. The van der Waals surface area contributed by atoms with Crippen LogP contribution in [0.2, 0.25) is 0 Å². The third-order valence-electron chi connectivity index (χ3n) is 6.98. The molecule has 0 N–H and O–H groups in total. The summed E-state index contributed by atoms with van der Waals surface area (Å²) < 4.78 is 23.8. The van der Waals surface area contributed by atoms with Crippen molar-refractivity contribution in [1.29, 1.82) is 0 Å². The first kappa shape index (κ1) is 17.4. The minimum Gasteiger partial charge on any atom is -0.370 e. The van der Waals surface area contributed by atoms with Gasteiger partial charge in [-0.1, -0.05) is 24.3 Å². The van der Waals surface area contributed by atoms with Gasteiger partial charge in [0.25, 0.3) is 0 Å². The van der Waals surface area contributed by atoms with Crippen LogP contribution in [0, 0.1) is 11.8 Å². The topological polar surface area (TPSA) is 43.5 Å². The molecule has 4 heteroatoms. The van der Waals surface area contributed by atoms with Crippen LogP contribution in [0.4, 0.5) is 0 Å². The quantitative estimate of drug-likeness (QED) is 0.534. The maximum absolute atomic E-state index is 6.28. The Bertz CT molecular complexity index is 533. The van der Waals surface area contributed by atoms with E-state index in [1.807, 2.05) is 0 Å². The Morgan fingerprint density at radius 1 is 0.692 bits per heavy atom. The van der Waals surface area contributed by atoms with E-state index in [0.717, 1.165) is 13.2 Å². The van der Waals surface area contributed by atoms with E-state index < -0.39 is 0 Å². The molecule has 0 aromatic rings. The van der Waals surface area contributed by atoms with Crippen molar-refractivity contribution in [3.05, 3.63) is 24.3 Å². The van der Waals surface area contributed by atoms with Crippen LogP contribution in [-0.4, -0.2) is 48.8 Å². The van der Waals surface area contributed by atoms with Gasteiger partial charge in [-0.2, -0.15) is 0 Å². The zero-order valence-corrected chi connectivity index (χ0v) is 16.1. The molecule has 6 atom stereocenters. The van der Waals surface area contributed by atoms with Crippen molar-refractivity contribution in [3.8, 4) is 0 Å². The fourth-order valence-corrected chi connectivity index (χ4v) is 4.84. The van der Waals surface area contributed by atoms with Crippen molar-refractivity contribution in [2.24, 2.45) is 11.8 Å². The van der Waals surface area contributed by atoms with Gasteiger partial charge >= 0.3 is 0 Å². The lowest BCUT2D eigenvalue weighted by atomic mass is 9.88. The van der Waals surface area contributed by atoms with Crippen molar-refractivity contribution >= 4 is 0 Å². The second-order valence-corrected chi connectivity index (χ2v) is 9.44. The molecule has 2 aliphatic heterocycles. The SMILES string of the molecule is CC1(OCC2CCC3OC3C2)C=CC(C)(OCC2CCC3OC3C2)C=C1. The van der Waals surface area contributed by atoms with Gasteiger partial charge < -0.3 is 18.9 Å². The largest absolute Gasteiger partial charge is 0.370 e. The van der Waals surface area contributed by atoms with Crippen LogP contribution in [0.1, 0.15) is 52.4 Å². The predicted molar refractivity (Wildman–Crippen MR) is 99.0 cm³/mol. The summed E-state index contributed by atoms with van der Waals surface area (Å²) >= 11 is 0. The standard InChI is InChI=1S/C22H32O4/c1-21(23-13-15-3-5-17-19(11-15)25-17)7-9-22(2,10-8-21)24-14-16-4-6-18-20(12-16)26-18/h7-10,15-20H,3-6,11-14H2,1-2H3. The van der Waals surface area contributed by atoms with E-state index in [0.29, 0.717) is 36.3 Å². The maximum Gasteiger partial charge on any atom is 0.102 e. The van der Waals surface area contributed by atoms with E-state index in [1.165, 1.54) is 38.5 Å². The van der Waals surface area contributed by atoms with E-state index >= 15 is 0 Å². The van der Waals surface area contributed by atoms with Crippen molar-refractivity contribution in [2.45, 2.75) is 88.0 Å². The Hall–Kier alpha value is -0.680. The van der Waals surface area contributed by atoms with Crippen molar-refractivity contribution in [2.75, 3.05) is 13.2 Å². The summed E-state index contributed by atoms with van der Waals surface area (Å²) in [6, 6.07) is 0. The van der Waals surface area contributed by atoms with Gasteiger partial charge in [0.1, 0.15) is 11.2 Å². The predicted octanol–water partition coefficient (Wildman–Crippen LogP) is 3.80. The fourth-order valence-electron chi connectivity index (χ4n) is 4.84. The maximum atomic E-state index is 6.28. The minimum absolute atomic E-state index is 0.315. The van der Waals surface area contributed by atoms with Crippen LogP contribution < -0.4 is 0 Å². The molecular weight excluding hydrogens is 328 g/mol. The Balaban J connectivity index is 1.09. The van der Waals surface area contributed by atoms with Crippen LogP contribution in [-0.2, 0) is 18.9 Å². The summed E-state index contributed by atoms with van der Waals surface area (Å²) in [6.45, 7) is 5.93. The molecule has 2 saturated carbocycles. The highest BCUT2D eigenvalue weighted by molar-refractivity contribution is 5.28. The van der Waals surface area contributed by atoms with E-state index in [2.05, 4.69) is 38.2 Å². The second kappa shape index (κ2) is 6.44. The Kier molecular flexibility index (Phi) is 4.31. The molecule has 2 saturated heterocycles. The lowest BCUT2D eigenvalue weighted by molar-refractivity contribution is -0.0102. The first-order valence-corrected chi connectivity index (χ1v) is 10.5. The number of ether oxygens (including phenoxy) is 4. The van der Waals surface area contributed by atoms with E-state index in [1.54, 1.807) is 0 Å². The van der Waals surface area contributed by atoms with Gasteiger partial charge in [-0.3, -0.25) is 0 Å². The van der Waals surface area contributed by atoms with Gasteiger partial charge in [0.15, 0.2) is 0 Å². The third-order valence-corrected chi connectivity index (χ3v) is 6.98. The van der Waals surface area contributed by atoms with Crippen LogP contribution in [0.5, 0.6) is 0 Å². The Morgan fingerprint density at radius 3 is 1.50 bits per heavy atom. The van der Waals surface area contributed by atoms with Gasteiger partial charge in [-0.15, -0.1) is 0 Å². The number of rotatable bonds is 6. The van der Waals surface area contributed by atoms with E-state index in [-0.39, 0.29) is 11.2 Å². The number of hydrogen-bond acceptors (Lipinski definition) is 4. The highest BCUT2D eigenvalue weighted by Crippen LogP contribution is 2.41. The van der Waals surface area contributed by atoms with Crippen LogP contribution in [0.15, 0.2) is 24.3 Å². The van der Waals surface area contributed by atoms with Crippen molar-refractivity contribution in [3.63, 3.8) is 0 Å². The summed E-state index contributed by atoms with van der Waals surface area (Å²) in [5.41, 5.74) is -0.631. The number of hydrogen-bond donors (Lipinski definition) is 0.